The third-order valence-corrected chi connectivity index (χ3v) is 3.50. The zero-order chi connectivity index (χ0) is 14.4. The second-order valence-corrected chi connectivity index (χ2v) is 4.73. The second-order valence-electron chi connectivity index (χ2n) is 4.73. The average Bonchev–Trinajstić information content (AvgIpc) is 2.45. The Labute approximate surface area is 116 Å². The van der Waals surface area contributed by atoms with Crippen molar-refractivity contribution < 1.29 is 14.2 Å². The molecular formula is C15H25NO3. The van der Waals surface area contributed by atoms with Crippen molar-refractivity contribution in [2.45, 2.75) is 39.0 Å². The van der Waals surface area contributed by atoms with Crippen LogP contribution in [0.3, 0.4) is 0 Å². The smallest absolute Gasteiger partial charge is 0.161 e. The van der Waals surface area contributed by atoms with E-state index >= 15 is 0 Å². The van der Waals surface area contributed by atoms with E-state index in [-0.39, 0.29) is 18.2 Å². The van der Waals surface area contributed by atoms with Crippen LogP contribution in [0.5, 0.6) is 11.5 Å². The molecule has 3 atom stereocenters. The molecule has 1 N–H and O–H groups in total. The molecule has 0 saturated heterocycles. The zero-order valence-electron chi connectivity index (χ0n) is 12.7. The van der Waals surface area contributed by atoms with Crippen molar-refractivity contribution in [3.05, 3.63) is 23.8 Å². The Balaban J connectivity index is 2.79. The molecule has 3 unspecified atom stereocenters. The van der Waals surface area contributed by atoms with E-state index in [2.05, 4.69) is 26.1 Å². The summed E-state index contributed by atoms with van der Waals surface area (Å²) >= 11 is 0. The predicted molar refractivity (Wildman–Crippen MR) is 77.0 cm³/mol. The van der Waals surface area contributed by atoms with Crippen molar-refractivity contribution in [2.75, 3.05) is 21.3 Å². The molecule has 4 heteroatoms. The van der Waals surface area contributed by atoms with Crippen molar-refractivity contribution in [2.24, 2.45) is 0 Å². The van der Waals surface area contributed by atoms with Gasteiger partial charge in [0.25, 0.3) is 0 Å². The molecule has 0 aliphatic heterocycles. The molecule has 0 spiro atoms. The van der Waals surface area contributed by atoms with Crippen molar-refractivity contribution in [3.63, 3.8) is 0 Å². The SMILES string of the molecule is COc1ccc(C(C)NC(C)C(C)OC)cc1OC. The van der Waals surface area contributed by atoms with Crippen molar-refractivity contribution in [1.82, 2.24) is 5.32 Å². The van der Waals surface area contributed by atoms with Crippen LogP contribution in [-0.4, -0.2) is 33.5 Å². The minimum Gasteiger partial charge on any atom is -0.493 e. The van der Waals surface area contributed by atoms with Crippen LogP contribution in [0.1, 0.15) is 32.4 Å². The summed E-state index contributed by atoms with van der Waals surface area (Å²) in [5.41, 5.74) is 1.16. The van der Waals surface area contributed by atoms with Crippen molar-refractivity contribution in [3.8, 4) is 11.5 Å². The second kappa shape index (κ2) is 7.36. The van der Waals surface area contributed by atoms with Crippen LogP contribution in [0.4, 0.5) is 0 Å². The number of rotatable bonds is 7. The molecule has 19 heavy (non-hydrogen) atoms. The molecule has 0 aliphatic carbocycles. The summed E-state index contributed by atoms with van der Waals surface area (Å²) in [4.78, 5) is 0. The van der Waals surface area contributed by atoms with Gasteiger partial charge in [0.15, 0.2) is 11.5 Å². The Morgan fingerprint density at radius 1 is 0.947 bits per heavy atom. The molecule has 0 radical (unpaired) electrons. The van der Waals surface area contributed by atoms with E-state index in [0.717, 1.165) is 17.1 Å². The topological polar surface area (TPSA) is 39.7 Å². The summed E-state index contributed by atoms with van der Waals surface area (Å²) in [5.74, 6) is 1.50. The van der Waals surface area contributed by atoms with Gasteiger partial charge < -0.3 is 19.5 Å². The highest BCUT2D eigenvalue weighted by Crippen LogP contribution is 2.30. The largest absolute Gasteiger partial charge is 0.493 e. The van der Waals surface area contributed by atoms with E-state index in [1.807, 2.05) is 18.2 Å². The third-order valence-electron chi connectivity index (χ3n) is 3.50. The Morgan fingerprint density at radius 3 is 2.11 bits per heavy atom. The van der Waals surface area contributed by atoms with Gasteiger partial charge in [-0.15, -0.1) is 0 Å². The molecule has 1 aromatic carbocycles. The van der Waals surface area contributed by atoms with Gasteiger partial charge in [-0.1, -0.05) is 6.07 Å². The third kappa shape index (κ3) is 4.11. The van der Waals surface area contributed by atoms with Crippen LogP contribution < -0.4 is 14.8 Å². The molecule has 0 heterocycles. The van der Waals surface area contributed by atoms with Gasteiger partial charge in [0.2, 0.25) is 0 Å². The average molecular weight is 267 g/mol. The first kappa shape index (κ1) is 15.8. The van der Waals surface area contributed by atoms with Gasteiger partial charge in [0.05, 0.1) is 20.3 Å². The minimum absolute atomic E-state index is 0.169. The zero-order valence-corrected chi connectivity index (χ0v) is 12.7. The summed E-state index contributed by atoms with van der Waals surface area (Å²) in [6.07, 6.45) is 0.169. The summed E-state index contributed by atoms with van der Waals surface area (Å²) < 4.78 is 15.9. The van der Waals surface area contributed by atoms with E-state index in [1.54, 1.807) is 21.3 Å². The summed E-state index contributed by atoms with van der Waals surface area (Å²) in [7, 11) is 5.01. The fourth-order valence-corrected chi connectivity index (χ4v) is 1.95. The monoisotopic (exact) mass is 267 g/mol. The van der Waals surface area contributed by atoms with Gasteiger partial charge in [-0.3, -0.25) is 0 Å². The van der Waals surface area contributed by atoms with E-state index < -0.39 is 0 Å². The minimum atomic E-state index is 0.169. The lowest BCUT2D eigenvalue weighted by Crippen LogP contribution is -2.38. The fourth-order valence-electron chi connectivity index (χ4n) is 1.95. The summed E-state index contributed by atoms with van der Waals surface area (Å²) in [6.45, 7) is 6.30. The lowest BCUT2D eigenvalue weighted by atomic mass is 10.1. The molecule has 0 saturated carbocycles. The molecule has 0 fully saturated rings. The van der Waals surface area contributed by atoms with Gasteiger partial charge >= 0.3 is 0 Å². The van der Waals surface area contributed by atoms with E-state index in [9.17, 15) is 0 Å². The Morgan fingerprint density at radius 2 is 1.58 bits per heavy atom. The first-order valence-electron chi connectivity index (χ1n) is 6.54. The fraction of sp³-hybridized carbons (Fsp3) is 0.600. The van der Waals surface area contributed by atoms with E-state index in [0.29, 0.717) is 0 Å². The molecule has 0 aliphatic rings. The normalized spacial score (nSPS) is 15.7. The Bertz CT molecular complexity index is 395. The lowest BCUT2D eigenvalue weighted by molar-refractivity contribution is 0.0852. The number of hydrogen-bond donors (Lipinski definition) is 1. The van der Waals surface area contributed by atoms with Crippen LogP contribution >= 0.6 is 0 Å². The predicted octanol–water partition coefficient (Wildman–Crippen LogP) is 2.78. The number of nitrogens with one attached hydrogen (secondary N) is 1. The quantitative estimate of drug-likeness (QED) is 0.824. The van der Waals surface area contributed by atoms with Crippen LogP contribution in [0.2, 0.25) is 0 Å². The van der Waals surface area contributed by atoms with Crippen LogP contribution in [0, 0.1) is 0 Å². The summed E-state index contributed by atoms with van der Waals surface area (Å²) in [5, 5.41) is 3.51. The maximum atomic E-state index is 5.32. The molecule has 0 amide bonds. The molecule has 4 nitrogen and oxygen atoms in total. The lowest BCUT2D eigenvalue weighted by Gasteiger charge is -2.25. The highest BCUT2D eigenvalue weighted by atomic mass is 16.5. The van der Waals surface area contributed by atoms with E-state index in [4.69, 9.17) is 14.2 Å². The van der Waals surface area contributed by atoms with E-state index in [1.165, 1.54) is 0 Å². The van der Waals surface area contributed by atoms with Crippen LogP contribution in [0.15, 0.2) is 18.2 Å². The molecule has 1 aromatic rings. The highest BCUT2D eigenvalue weighted by Gasteiger charge is 2.16. The van der Waals surface area contributed by atoms with Crippen molar-refractivity contribution in [1.29, 1.82) is 0 Å². The Hall–Kier alpha value is -1.26. The highest BCUT2D eigenvalue weighted by molar-refractivity contribution is 5.43. The van der Waals surface area contributed by atoms with Crippen LogP contribution in [-0.2, 0) is 4.74 Å². The molecule has 108 valence electrons. The van der Waals surface area contributed by atoms with Gasteiger partial charge in [-0.05, 0) is 38.5 Å². The van der Waals surface area contributed by atoms with Gasteiger partial charge in [0, 0.05) is 19.2 Å². The number of benzene rings is 1. The Kier molecular flexibility index (Phi) is 6.12. The first-order chi connectivity index (χ1) is 9.03. The van der Waals surface area contributed by atoms with Crippen molar-refractivity contribution >= 4 is 0 Å². The van der Waals surface area contributed by atoms with Crippen LogP contribution in [0.25, 0.3) is 0 Å². The number of ether oxygens (including phenoxy) is 3. The molecular weight excluding hydrogens is 242 g/mol. The summed E-state index contributed by atoms with van der Waals surface area (Å²) in [6, 6.07) is 6.46. The molecule has 0 bridgehead atoms. The molecule has 0 aromatic heterocycles. The maximum absolute atomic E-state index is 5.32. The number of hydrogen-bond acceptors (Lipinski definition) is 4. The van der Waals surface area contributed by atoms with Gasteiger partial charge in [-0.2, -0.15) is 0 Å². The van der Waals surface area contributed by atoms with Gasteiger partial charge in [-0.25, -0.2) is 0 Å². The standard InChI is InChI=1S/C15H25NO3/c1-10(12(3)17-4)16-11(2)13-7-8-14(18-5)15(9-13)19-6/h7-12,16H,1-6H3. The maximum Gasteiger partial charge on any atom is 0.161 e. The number of methoxy groups -OCH3 is 3. The first-order valence-corrected chi connectivity index (χ1v) is 6.54. The van der Waals surface area contributed by atoms with Gasteiger partial charge in [0.1, 0.15) is 0 Å². The molecule has 1 rings (SSSR count).